The Morgan fingerprint density at radius 2 is 1.70 bits per heavy atom. The maximum atomic E-state index is 11.8. The first kappa shape index (κ1) is 20.5. The maximum Gasteiger partial charge on any atom is 0.160 e. The number of nitriles is 1. The number of benzene rings is 2. The molecule has 0 amide bonds. The van der Waals surface area contributed by atoms with Crippen LogP contribution < -0.4 is 9.47 Å². The first-order valence-electron chi connectivity index (χ1n) is 9.33. The zero-order valence-electron chi connectivity index (χ0n) is 16.5. The van der Waals surface area contributed by atoms with Crippen molar-refractivity contribution in [2.45, 2.75) is 46.5 Å². The lowest BCUT2D eigenvalue weighted by molar-refractivity contribution is 0.101. The van der Waals surface area contributed by atoms with E-state index in [-0.39, 0.29) is 5.78 Å². The van der Waals surface area contributed by atoms with E-state index in [4.69, 9.17) is 14.7 Å². The summed E-state index contributed by atoms with van der Waals surface area (Å²) in [7, 11) is 0. The van der Waals surface area contributed by atoms with Gasteiger partial charge in [0.1, 0.15) is 11.5 Å². The third-order valence-electron chi connectivity index (χ3n) is 4.41. The SMILES string of the molecule is CC(=O)c1cc(C(C)C)c(OCCCCOc2ccc(C#N)cc2)cc1C. The molecule has 0 saturated heterocycles. The van der Waals surface area contributed by atoms with Crippen molar-refractivity contribution in [1.82, 2.24) is 0 Å². The first-order valence-corrected chi connectivity index (χ1v) is 9.33. The summed E-state index contributed by atoms with van der Waals surface area (Å²) in [6.07, 6.45) is 1.75. The Bertz CT molecular complexity index is 817. The smallest absolute Gasteiger partial charge is 0.160 e. The van der Waals surface area contributed by atoms with Crippen molar-refractivity contribution in [1.29, 1.82) is 5.26 Å². The molecule has 0 aliphatic rings. The Morgan fingerprint density at radius 3 is 2.26 bits per heavy atom. The van der Waals surface area contributed by atoms with Gasteiger partial charge in [-0.25, -0.2) is 0 Å². The van der Waals surface area contributed by atoms with Crippen LogP contribution in [0.15, 0.2) is 36.4 Å². The molecule has 0 spiro atoms. The van der Waals surface area contributed by atoms with Crippen molar-refractivity contribution < 1.29 is 14.3 Å². The van der Waals surface area contributed by atoms with Gasteiger partial charge in [0.05, 0.1) is 24.8 Å². The molecule has 0 aliphatic carbocycles. The fourth-order valence-electron chi connectivity index (χ4n) is 2.86. The van der Waals surface area contributed by atoms with Crippen molar-refractivity contribution in [3.63, 3.8) is 0 Å². The highest BCUT2D eigenvalue weighted by molar-refractivity contribution is 5.96. The molecule has 0 bridgehead atoms. The topological polar surface area (TPSA) is 59.3 Å². The summed E-state index contributed by atoms with van der Waals surface area (Å²) in [5, 5.41) is 8.79. The number of aryl methyl sites for hydroxylation is 1. The fraction of sp³-hybridized carbons (Fsp3) is 0.391. The summed E-state index contributed by atoms with van der Waals surface area (Å²) in [5.41, 5.74) is 3.41. The Kier molecular flexibility index (Phi) is 7.43. The van der Waals surface area contributed by atoms with Gasteiger partial charge in [-0.1, -0.05) is 13.8 Å². The van der Waals surface area contributed by atoms with Crippen LogP contribution >= 0.6 is 0 Å². The van der Waals surface area contributed by atoms with E-state index in [1.165, 1.54) is 0 Å². The van der Waals surface area contributed by atoms with Gasteiger partial charge >= 0.3 is 0 Å². The number of carbonyl (C=O) groups excluding carboxylic acids is 1. The quantitative estimate of drug-likeness (QED) is 0.439. The summed E-state index contributed by atoms with van der Waals surface area (Å²) in [5.74, 6) is 2.01. The summed E-state index contributed by atoms with van der Waals surface area (Å²) in [4.78, 5) is 11.8. The Morgan fingerprint density at radius 1 is 1.07 bits per heavy atom. The van der Waals surface area contributed by atoms with Crippen LogP contribution in [-0.4, -0.2) is 19.0 Å². The van der Waals surface area contributed by atoms with Gasteiger partial charge in [-0.15, -0.1) is 0 Å². The van der Waals surface area contributed by atoms with Crippen LogP contribution in [0.4, 0.5) is 0 Å². The highest BCUT2D eigenvalue weighted by Crippen LogP contribution is 2.30. The number of unbranched alkanes of at least 4 members (excludes halogenated alkanes) is 1. The summed E-state index contributed by atoms with van der Waals surface area (Å²) in [6.45, 7) is 8.96. The van der Waals surface area contributed by atoms with Crippen LogP contribution in [0.2, 0.25) is 0 Å². The van der Waals surface area contributed by atoms with Gasteiger partial charge in [0, 0.05) is 5.56 Å². The van der Waals surface area contributed by atoms with E-state index >= 15 is 0 Å². The van der Waals surface area contributed by atoms with Crippen molar-refractivity contribution in [3.8, 4) is 17.6 Å². The van der Waals surface area contributed by atoms with Gasteiger partial charge in [0.2, 0.25) is 0 Å². The molecule has 0 radical (unpaired) electrons. The maximum absolute atomic E-state index is 11.8. The second-order valence-corrected chi connectivity index (χ2v) is 6.96. The minimum absolute atomic E-state index is 0.0842. The highest BCUT2D eigenvalue weighted by atomic mass is 16.5. The van der Waals surface area contributed by atoms with Gasteiger partial charge < -0.3 is 9.47 Å². The van der Waals surface area contributed by atoms with Crippen LogP contribution in [0.25, 0.3) is 0 Å². The standard InChI is InChI=1S/C23H27NO3/c1-16(2)21-14-22(18(4)25)17(3)13-23(21)27-12-6-5-11-26-20-9-7-19(15-24)8-10-20/h7-10,13-14,16H,5-6,11-12H2,1-4H3. The molecule has 0 aromatic heterocycles. The molecule has 0 atom stereocenters. The minimum Gasteiger partial charge on any atom is -0.494 e. The van der Waals surface area contributed by atoms with E-state index in [2.05, 4.69) is 19.9 Å². The predicted molar refractivity (Wildman–Crippen MR) is 107 cm³/mol. The van der Waals surface area contributed by atoms with Crippen molar-refractivity contribution >= 4 is 5.78 Å². The zero-order chi connectivity index (χ0) is 19.8. The number of ether oxygens (including phenoxy) is 2. The zero-order valence-corrected chi connectivity index (χ0v) is 16.5. The molecule has 0 heterocycles. The van der Waals surface area contributed by atoms with Crippen LogP contribution in [0, 0.1) is 18.3 Å². The van der Waals surface area contributed by atoms with Crippen molar-refractivity contribution in [3.05, 3.63) is 58.7 Å². The number of nitrogens with zero attached hydrogens (tertiary/aromatic N) is 1. The molecule has 0 aliphatic heterocycles. The average Bonchev–Trinajstić information content (AvgIpc) is 2.64. The normalized spacial score (nSPS) is 10.5. The second kappa shape index (κ2) is 9.78. The molecule has 2 aromatic carbocycles. The van der Waals surface area contributed by atoms with Gasteiger partial charge in [-0.05, 0) is 80.1 Å². The molecule has 4 nitrogen and oxygen atoms in total. The molecule has 0 fully saturated rings. The van der Waals surface area contributed by atoms with Crippen LogP contribution in [0.1, 0.15) is 66.6 Å². The van der Waals surface area contributed by atoms with E-state index < -0.39 is 0 Å². The fourth-order valence-corrected chi connectivity index (χ4v) is 2.86. The van der Waals surface area contributed by atoms with Gasteiger partial charge in [0.25, 0.3) is 0 Å². The molecule has 2 rings (SSSR count). The molecular formula is C23H27NO3. The van der Waals surface area contributed by atoms with E-state index in [9.17, 15) is 4.79 Å². The van der Waals surface area contributed by atoms with Crippen molar-refractivity contribution in [2.75, 3.05) is 13.2 Å². The largest absolute Gasteiger partial charge is 0.494 e. The molecule has 0 saturated carbocycles. The number of ketones is 1. The van der Waals surface area contributed by atoms with Crippen molar-refractivity contribution in [2.24, 2.45) is 0 Å². The van der Waals surface area contributed by atoms with E-state index in [1.54, 1.807) is 19.1 Å². The number of hydrogen-bond acceptors (Lipinski definition) is 4. The van der Waals surface area contributed by atoms with Gasteiger partial charge in [-0.3, -0.25) is 4.79 Å². The summed E-state index contributed by atoms with van der Waals surface area (Å²) in [6, 6.07) is 13.1. The average molecular weight is 365 g/mol. The summed E-state index contributed by atoms with van der Waals surface area (Å²) >= 11 is 0. The first-order chi connectivity index (χ1) is 12.9. The number of carbonyl (C=O) groups is 1. The lowest BCUT2D eigenvalue weighted by Crippen LogP contribution is -2.06. The molecule has 4 heteroatoms. The van der Waals surface area contributed by atoms with E-state index in [0.717, 1.165) is 41.0 Å². The van der Waals surface area contributed by atoms with E-state index in [0.29, 0.717) is 24.7 Å². The highest BCUT2D eigenvalue weighted by Gasteiger charge is 2.14. The van der Waals surface area contributed by atoms with Gasteiger partial charge in [0.15, 0.2) is 5.78 Å². The number of Topliss-reactive ketones (excluding diaryl/α,β-unsaturated/α-hetero) is 1. The van der Waals surface area contributed by atoms with Crippen LogP contribution in [0.3, 0.4) is 0 Å². The van der Waals surface area contributed by atoms with E-state index in [1.807, 2.05) is 31.2 Å². The molecule has 0 unspecified atom stereocenters. The van der Waals surface area contributed by atoms with Crippen LogP contribution in [-0.2, 0) is 0 Å². The molecule has 0 N–H and O–H groups in total. The lowest BCUT2D eigenvalue weighted by atomic mass is 9.95. The molecular weight excluding hydrogens is 338 g/mol. The van der Waals surface area contributed by atoms with Gasteiger partial charge in [-0.2, -0.15) is 5.26 Å². The predicted octanol–water partition coefficient (Wildman–Crippen LogP) is 5.43. The van der Waals surface area contributed by atoms with Crippen LogP contribution in [0.5, 0.6) is 11.5 Å². The molecule has 27 heavy (non-hydrogen) atoms. The molecule has 142 valence electrons. The minimum atomic E-state index is 0.0842. The summed E-state index contributed by atoms with van der Waals surface area (Å²) < 4.78 is 11.7. The second-order valence-electron chi connectivity index (χ2n) is 6.96. The Labute approximate surface area is 161 Å². The monoisotopic (exact) mass is 365 g/mol. The third kappa shape index (κ3) is 5.86. The Hall–Kier alpha value is -2.80. The number of rotatable bonds is 9. The third-order valence-corrected chi connectivity index (χ3v) is 4.41. The Balaban J connectivity index is 1.83. The molecule has 2 aromatic rings. The lowest BCUT2D eigenvalue weighted by Gasteiger charge is -2.17. The number of hydrogen-bond donors (Lipinski definition) is 0.